The summed E-state index contributed by atoms with van der Waals surface area (Å²) in [5, 5.41) is 3.52. The Bertz CT molecular complexity index is 3610. The molecule has 1 aromatic heterocycles. The van der Waals surface area contributed by atoms with E-state index in [-0.39, 0.29) is 45.5 Å². The molecule has 0 bridgehead atoms. The third-order valence-corrected chi connectivity index (χ3v) is 9.39. The van der Waals surface area contributed by atoms with Gasteiger partial charge in [0.2, 0.25) is 0 Å². The average Bonchev–Trinajstić information content (AvgIpc) is 3.71. The number of benzene rings is 9. The largest absolute Gasteiger partial charge is 0.455 e. The van der Waals surface area contributed by atoms with Gasteiger partial charge in [0.15, 0.2) is 0 Å². The van der Waals surface area contributed by atoms with Crippen LogP contribution in [0.15, 0.2) is 198 Å². The minimum atomic E-state index is -0.607. The monoisotopic (exact) mass is 662 g/mol. The van der Waals surface area contributed by atoms with Crippen molar-refractivity contribution in [1.82, 2.24) is 0 Å². The number of fused-ring (bicyclic) bond motifs is 5. The summed E-state index contributed by atoms with van der Waals surface area (Å²) in [7, 11) is 0. The maximum absolute atomic E-state index is 9.40. The van der Waals surface area contributed by atoms with Crippen LogP contribution in [-0.2, 0) is 0 Å². The van der Waals surface area contributed by atoms with E-state index in [0.717, 1.165) is 10.8 Å². The zero-order valence-electron chi connectivity index (χ0n) is 40.8. The predicted octanol–water partition coefficient (Wildman–Crippen LogP) is 14.2. The highest BCUT2D eigenvalue weighted by molar-refractivity contribution is 6.24. The Morgan fingerprint density at radius 3 is 1.51 bits per heavy atom. The molecule has 0 aliphatic rings. The second-order valence-corrected chi connectivity index (χ2v) is 12.1. The zero-order valence-corrected chi connectivity index (χ0v) is 26.8. The smallest absolute Gasteiger partial charge is 0.143 e. The first kappa shape index (κ1) is 18.3. The standard InChI is InChI=1S/C50H32O/c1-4-17-33(18-5-1)44-31-36(37-28-16-29-43-38-23-14-15-30-46(38)51-50(37)43)32-45(34-19-6-2-7-20-34)49(44)48-41-26-12-10-24-39(41)47(35-21-8-3-9-22-35)40-25-11-13-27-42(40)48/h1-32H/i1D,2D,3D,4D,5D,6D,7D,8D,9D,17D,18D,19D,21D,22D. The summed E-state index contributed by atoms with van der Waals surface area (Å²) in [5.74, 6) is 0. The van der Waals surface area contributed by atoms with Gasteiger partial charge in [-0.05, 0) is 89.8 Å². The van der Waals surface area contributed by atoms with Gasteiger partial charge in [0.25, 0.3) is 0 Å². The fourth-order valence-corrected chi connectivity index (χ4v) is 7.30. The molecule has 51 heavy (non-hydrogen) atoms. The van der Waals surface area contributed by atoms with Crippen LogP contribution < -0.4 is 0 Å². The van der Waals surface area contributed by atoms with E-state index in [1.807, 2.05) is 42.5 Å². The molecule has 0 saturated carbocycles. The Morgan fingerprint density at radius 2 is 0.843 bits per heavy atom. The number of rotatable bonds is 5. The number of hydrogen-bond donors (Lipinski definition) is 0. The molecule has 0 radical (unpaired) electrons. The Kier molecular flexibility index (Phi) is 4.32. The van der Waals surface area contributed by atoms with Crippen molar-refractivity contribution in [3.8, 4) is 55.6 Å². The molecule has 10 rings (SSSR count). The van der Waals surface area contributed by atoms with Crippen LogP contribution >= 0.6 is 0 Å². The topological polar surface area (TPSA) is 13.1 Å². The lowest BCUT2D eigenvalue weighted by Crippen LogP contribution is -1.96. The molecule has 0 amide bonds. The summed E-state index contributed by atoms with van der Waals surface area (Å²) in [6.07, 6.45) is 0. The van der Waals surface area contributed by atoms with Gasteiger partial charge in [-0.25, -0.2) is 0 Å². The van der Waals surface area contributed by atoms with Gasteiger partial charge in [-0.15, -0.1) is 0 Å². The second kappa shape index (κ2) is 12.0. The molecule has 10 aromatic rings. The lowest BCUT2D eigenvalue weighted by Gasteiger charge is -2.23. The van der Waals surface area contributed by atoms with Crippen LogP contribution in [0.1, 0.15) is 19.2 Å². The molecule has 1 nitrogen and oxygen atoms in total. The molecule has 0 N–H and O–H groups in total. The zero-order chi connectivity index (χ0) is 45.9. The van der Waals surface area contributed by atoms with E-state index in [0.29, 0.717) is 55.0 Å². The van der Waals surface area contributed by atoms with E-state index in [1.54, 1.807) is 60.7 Å². The van der Waals surface area contributed by atoms with Gasteiger partial charge in [-0.3, -0.25) is 0 Å². The highest BCUT2D eigenvalue weighted by Gasteiger charge is 2.24. The summed E-state index contributed by atoms with van der Waals surface area (Å²) >= 11 is 0. The molecule has 0 saturated heterocycles. The van der Waals surface area contributed by atoms with Crippen molar-refractivity contribution in [1.29, 1.82) is 0 Å². The quantitative estimate of drug-likeness (QED) is 0.167. The molecule has 238 valence electrons. The molecule has 0 atom stereocenters. The van der Waals surface area contributed by atoms with Crippen molar-refractivity contribution in [2.45, 2.75) is 0 Å². The van der Waals surface area contributed by atoms with E-state index >= 15 is 0 Å². The van der Waals surface area contributed by atoms with Crippen LogP contribution in [0.25, 0.3) is 99.1 Å². The van der Waals surface area contributed by atoms with Gasteiger partial charge in [0, 0.05) is 16.3 Å². The van der Waals surface area contributed by atoms with E-state index in [1.165, 1.54) is 6.07 Å². The third kappa shape index (κ3) is 4.78. The molecule has 9 aromatic carbocycles. The van der Waals surface area contributed by atoms with E-state index in [9.17, 15) is 4.11 Å². The van der Waals surface area contributed by atoms with Crippen LogP contribution in [0, 0.1) is 0 Å². The van der Waals surface area contributed by atoms with E-state index < -0.39 is 72.5 Å². The number of furan rings is 1. The molecular formula is C50H32O. The Hall–Kier alpha value is -6.70. The van der Waals surface area contributed by atoms with Gasteiger partial charge < -0.3 is 4.42 Å². The van der Waals surface area contributed by atoms with E-state index in [4.69, 9.17) is 19.5 Å². The fraction of sp³-hybridized carbons (Fsp3) is 0. The molecule has 1 heterocycles. The molecule has 0 unspecified atom stereocenters. The Balaban J connectivity index is 1.47. The van der Waals surface area contributed by atoms with Crippen molar-refractivity contribution >= 4 is 43.5 Å². The SMILES string of the molecule is [2H]c1cc(-c2cc(-c3cccc4c3oc3ccccc34)cc(-c3c([2H])c([2H])c([2H])c([2H])c3[2H])c2-c2c3ccccc3c(-c3c([2H])c([2H])c([2H])c([2H])c3[2H])c3ccccc23)c([2H])c([2H])c1[2H]. The average molecular weight is 663 g/mol. The maximum Gasteiger partial charge on any atom is 0.143 e. The highest BCUT2D eigenvalue weighted by atomic mass is 16.3. The van der Waals surface area contributed by atoms with Gasteiger partial charge in [-0.1, -0.05) is 176 Å². The number of para-hydroxylation sites is 2. The van der Waals surface area contributed by atoms with Crippen LogP contribution in [0.3, 0.4) is 0 Å². The molecule has 0 aliphatic heterocycles. The first-order chi connectivity index (χ1) is 31.1. The first-order valence-electron chi connectivity index (χ1n) is 23.4. The lowest BCUT2D eigenvalue weighted by atomic mass is 9.79. The molecule has 0 aliphatic carbocycles. The third-order valence-electron chi connectivity index (χ3n) is 9.39. The maximum atomic E-state index is 9.40. The minimum Gasteiger partial charge on any atom is -0.455 e. The fourth-order valence-electron chi connectivity index (χ4n) is 7.30. The summed E-state index contributed by atoms with van der Waals surface area (Å²) < 4.78 is 131. The Labute approximate surface area is 316 Å². The van der Waals surface area contributed by atoms with Crippen LogP contribution in [0.4, 0.5) is 0 Å². The van der Waals surface area contributed by atoms with Crippen LogP contribution in [0.2, 0.25) is 0 Å². The van der Waals surface area contributed by atoms with Crippen molar-refractivity contribution < 1.29 is 23.6 Å². The van der Waals surface area contributed by atoms with Crippen molar-refractivity contribution in [3.63, 3.8) is 0 Å². The molecular weight excluding hydrogens is 617 g/mol. The van der Waals surface area contributed by atoms with Crippen molar-refractivity contribution in [3.05, 3.63) is 194 Å². The lowest BCUT2D eigenvalue weighted by molar-refractivity contribution is 0.670. The van der Waals surface area contributed by atoms with Gasteiger partial charge in [0.1, 0.15) is 11.2 Å². The normalized spacial score (nSPS) is 15.4. The summed E-state index contributed by atoms with van der Waals surface area (Å²) in [4.78, 5) is 0. The molecule has 0 spiro atoms. The first-order valence-corrected chi connectivity index (χ1v) is 16.4. The van der Waals surface area contributed by atoms with Crippen LogP contribution in [0.5, 0.6) is 0 Å². The van der Waals surface area contributed by atoms with Gasteiger partial charge in [-0.2, -0.15) is 0 Å². The summed E-state index contributed by atoms with van der Waals surface area (Å²) in [6, 6.07) is 25.1. The minimum absolute atomic E-state index is 0.0348. The van der Waals surface area contributed by atoms with Crippen molar-refractivity contribution in [2.24, 2.45) is 0 Å². The highest BCUT2D eigenvalue weighted by Crippen LogP contribution is 2.51. The van der Waals surface area contributed by atoms with Gasteiger partial charge >= 0.3 is 0 Å². The summed E-state index contributed by atoms with van der Waals surface area (Å²) in [6.45, 7) is 0. The van der Waals surface area contributed by atoms with Crippen LogP contribution in [-0.4, -0.2) is 0 Å². The van der Waals surface area contributed by atoms with Crippen molar-refractivity contribution in [2.75, 3.05) is 0 Å². The summed E-state index contributed by atoms with van der Waals surface area (Å²) in [5.41, 5.74) is 3.38. The predicted molar refractivity (Wildman–Crippen MR) is 216 cm³/mol. The van der Waals surface area contributed by atoms with E-state index in [2.05, 4.69) is 0 Å². The molecule has 1 heteroatoms. The second-order valence-electron chi connectivity index (χ2n) is 12.1. The van der Waals surface area contributed by atoms with Gasteiger partial charge in [0.05, 0.1) is 19.2 Å². The Morgan fingerprint density at radius 1 is 0.333 bits per heavy atom. The molecule has 0 fully saturated rings. The number of hydrogen-bond acceptors (Lipinski definition) is 1.